The second kappa shape index (κ2) is 8.32. The van der Waals surface area contributed by atoms with Crippen molar-refractivity contribution < 1.29 is 19.2 Å². The van der Waals surface area contributed by atoms with Crippen LogP contribution in [-0.2, 0) is 4.79 Å². The third-order valence-electron chi connectivity index (χ3n) is 3.74. The number of rotatable bonds is 5. The molecule has 0 aromatic heterocycles. The fourth-order valence-electron chi connectivity index (χ4n) is 2.38. The van der Waals surface area contributed by atoms with E-state index in [9.17, 15) is 14.9 Å². The number of amides is 1. The first-order valence-electron chi connectivity index (χ1n) is 7.87. The van der Waals surface area contributed by atoms with Gasteiger partial charge in [-0.2, -0.15) is 0 Å². The first kappa shape index (κ1) is 19.7. The molecule has 1 aliphatic heterocycles. The summed E-state index contributed by atoms with van der Waals surface area (Å²) in [5.74, 6) is 0.889. The van der Waals surface area contributed by atoms with Crippen LogP contribution in [0.25, 0.3) is 6.08 Å². The Hall–Kier alpha value is -3.04. The van der Waals surface area contributed by atoms with Crippen LogP contribution in [0.4, 0.5) is 11.4 Å². The number of carbonyl (C=O) groups excluding carboxylic acids is 1. The predicted octanol–water partition coefficient (Wildman–Crippen LogP) is 4.16. The molecule has 1 aliphatic rings. The molecule has 8 nitrogen and oxygen atoms in total. The van der Waals surface area contributed by atoms with Gasteiger partial charge in [-0.1, -0.05) is 11.6 Å². The van der Waals surface area contributed by atoms with Crippen LogP contribution in [0.2, 0.25) is 5.02 Å². The lowest BCUT2D eigenvalue weighted by Gasteiger charge is -2.07. The first-order valence-corrected chi connectivity index (χ1v) is 9.06. The summed E-state index contributed by atoms with van der Waals surface area (Å²) in [5.41, 5.74) is 0.854. The Balaban J connectivity index is 1.89. The zero-order valence-electron chi connectivity index (χ0n) is 14.8. The molecule has 2 aromatic rings. The SMILES string of the molecule is COc1ccc(OC)c(/C=C2/SC(=Nc3ccc([N+](=O)[O-])cc3Cl)NC2=O)c1. The molecule has 0 bridgehead atoms. The van der Waals surface area contributed by atoms with E-state index in [0.717, 1.165) is 11.8 Å². The number of hydrogen-bond donors (Lipinski definition) is 1. The van der Waals surface area contributed by atoms with Gasteiger partial charge < -0.3 is 14.8 Å². The molecule has 1 amide bonds. The van der Waals surface area contributed by atoms with Crippen molar-refractivity contribution in [3.8, 4) is 11.5 Å². The summed E-state index contributed by atoms with van der Waals surface area (Å²) in [6.07, 6.45) is 1.67. The maximum atomic E-state index is 12.3. The minimum Gasteiger partial charge on any atom is -0.497 e. The van der Waals surface area contributed by atoms with Gasteiger partial charge in [0.05, 0.1) is 34.8 Å². The van der Waals surface area contributed by atoms with E-state index in [4.69, 9.17) is 21.1 Å². The standard InChI is InChI=1S/C18H14ClN3O5S/c1-26-12-4-6-15(27-2)10(7-12)8-16-17(23)21-18(28-16)20-14-5-3-11(22(24)25)9-13(14)19/h3-9H,1-2H3,(H,20,21,23)/b16-8+. The maximum Gasteiger partial charge on any atom is 0.271 e. The van der Waals surface area contributed by atoms with Gasteiger partial charge in [-0.3, -0.25) is 14.9 Å². The van der Waals surface area contributed by atoms with Crippen LogP contribution in [0.3, 0.4) is 0 Å². The van der Waals surface area contributed by atoms with Crippen LogP contribution >= 0.6 is 23.4 Å². The summed E-state index contributed by atoms with van der Waals surface area (Å²) in [6.45, 7) is 0. The minimum atomic E-state index is -0.544. The normalized spacial score (nSPS) is 16.3. The molecular formula is C18H14ClN3O5S. The van der Waals surface area contributed by atoms with Crippen molar-refractivity contribution >= 4 is 51.9 Å². The van der Waals surface area contributed by atoms with Gasteiger partial charge in [0.1, 0.15) is 11.5 Å². The van der Waals surface area contributed by atoms with Crippen LogP contribution in [0, 0.1) is 10.1 Å². The molecule has 0 atom stereocenters. The zero-order chi connectivity index (χ0) is 20.3. The molecule has 0 unspecified atom stereocenters. The minimum absolute atomic E-state index is 0.114. The summed E-state index contributed by atoms with van der Waals surface area (Å²) >= 11 is 7.17. The quantitative estimate of drug-likeness (QED) is 0.443. The highest BCUT2D eigenvalue weighted by atomic mass is 35.5. The lowest BCUT2D eigenvalue weighted by atomic mass is 10.1. The maximum absolute atomic E-state index is 12.3. The molecule has 3 rings (SSSR count). The van der Waals surface area contributed by atoms with Crippen molar-refractivity contribution in [3.63, 3.8) is 0 Å². The van der Waals surface area contributed by atoms with Crippen LogP contribution in [0.15, 0.2) is 46.3 Å². The number of thioether (sulfide) groups is 1. The number of nitro benzene ring substituents is 1. The number of amidine groups is 1. The van der Waals surface area contributed by atoms with Gasteiger partial charge in [0.2, 0.25) is 0 Å². The van der Waals surface area contributed by atoms with E-state index in [2.05, 4.69) is 10.3 Å². The van der Waals surface area contributed by atoms with E-state index in [1.165, 1.54) is 25.3 Å². The van der Waals surface area contributed by atoms with Crippen molar-refractivity contribution in [2.75, 3.05) is 14.2 Å². The number of nitrogens with one attached hydrogen (secondary N) is 1. The Morgan fingerprint density at radius 2 is 2.00 bits per heavy atom. The second-order valence-corrected chi connectivity index (χ2v) is 6.92. The van der Waals surface area contributed by atoms with Crippen LogP contribution in [0.1, 0.15) is 5.56 Å². The summed E-state index contributed by atoms with van der Waals surface area (Å²) in [7, 11) is 3.09. The molecule has 2 aromatic carbocycles. The highest BCUT2D eigenvalue weighted by Crippen LogP contribution is 2.34. The highest BCUT2D eigenvalue weighted by molar-refractivity contribution is 8.18. The van der Waals surface area contributed by atoms with Crippen molar-refractivity contribution in [2.45, 2.75) is 0 Å². The van der Waals surface area contributed by atoms with E-state index in [1.54, 1.807) is 31.4 Å². The number of aliphatic imine (C=N–C) groups is 1. The molecule has 10 heteroatoms. The van der Waals surface area contributed by atoms with E-state index < -0.39 is 4.92 Å². The third kappa shape index (κ3) is 4.26. The zero-order valence-corrected chi connectivity index (χ0v) is 16.3. The molecule has 1 N–H and O–H groups in total. The lowest BCUT2D eigenvalue weighted by molar-refractivity contribution is -0.384. The van der Waals surface area contributed by atoms with E-state index >= 15 is 0 Å². The Morgan fingerprint density at radius 1 is 1.21 bits per heavy atom. The van der Waals surface area contributed by atoms with E-state index in [1.807, 2.05) is 0 Å². The average Bonchev–Trinajstić information content (AvgIpc) is 3.02. The predicted molar refractivity (Wildman–Crippen MR) is 108 cm³/mol. The summed E-state index contributed by atoms with van der Waals surface area (Å²) < 4.78 is 10.5. The third-order valence-corrected chi connectivity index (χ3v) is 4.95. The average molecular weight is 420 g/mol. The second-order valence-electron chi connectivity index (χ2n) is 5.48. The fraction of sp³-hybridized carbons (Fsp3) is 0.111. The summed E-state index contributed by atoms with van der Waals surface area (Å²) in [4.78, 5) is 27.2. The van der Waals surface area contributed by atoms with Gasteiger partial charge >= 0.3 is 0 Å². The van der Waals surface area contributed by atoms with Crippen molar-refractivity contribution in [2.24, 2.45) is 4.99 Å². The number of halogens is 1. The fourth-order valence-corrected chi connectivity index (χ4v) is 3.43. The van der Waals surface area contributed by atoms with Crippen molar-refractivity contribution in [3.05, 3.63) is 62.0 Å². The number of nitrogens with zero attached hydrogens (tertiary/aromatic N) is 2. The Bertz CT molecular complexity index is 1020. The van der Waals surface area contributed by atoms with Crippen molar-refractivity contribution in [1.82, 2.24) is 5.32 Å². The molecular weight excluding hydrogens is 406 g/mol. The number of carbonyl (C=O) groups is 1. The monoisotopic (exact) mass is 419 g/mol. The topological polar surface area (TPSA) is 103 Å². The van der Waals surface area contributed by atoms with Crippen LogP contribution in [0.5, 0.6) is 11.5 Å². The molecule has 0 saturated carbocycles. The van der Waals surface area contributed by atoms with Crippen LogP contribution < -0.4 is 14.8 Å². The number of hydrogen-bond acceptors (Lipinski definition) is 7. The van der Waals surface area contributed by atoms with Gasteiger partial charge in [-0.25, -0.2) is 4.99 Å². The molecule has 0 radical (unpaired) electrons. The highest BCUT2D eigenvalue weighted by Gasteiger charge is 2.25. The van der Waals surface area contributed by atoms with Gasteiger partial charge in [0.15, 0.2) is 5.17 Å². The smallest absolute Gasteiger partial charge is 0.271 e. The number of ether oxygens (including phenoxy) is 2. The molecule has 1 heterocycles. The van der Waals surface area contributed by atoms with Gasteiger partial charge in [-0.05, 0) is 42.1 Å². The molecule has 144 valence electrons. The van der Waals surface area contributed by atoms with Gasteiger partial charge in [-0.15, -0.1) is 0 Å². The van der Waals surface area contributed by atoms with Gasteiger partial charge in [0.25, 0.3) is 11.6 Å². The summed E-state index contributed by atoms with van der Waals surface area (Å²) in [6, 6.07) is 9.18. The number of methoxy groups -OCH3 is 2. The van der Waals surface area contributed by atoms with E-state index in [0.29, 0.717) is 32.8 Å². The van der Waals surface area contributed by atoms with Crippen molar-refractivity contribution in [1.29, 1.82) is 0 Å². The molecule has 1 fully saturated rings. The van der Waals surface area contributed by atoms with E-state index in [-0.39, 0.29) is 16.6 Å². The Morgan fingerprint density at radius 3 is 2.64 bits per heavy atom. The molecule has 28 heavy (non-hydrogen) atoms. The molecule has 1 saturated heterocycles. The number of nitro groups is 1. The number of non-ortho nitro benzene ring substituents is 1. The molecule has 0 spiro atoms. The Kier molecular flexibility index (Phi) is 5.86. The first-order chi connectivity index (χ1) is 13.4. The number of benzene rings is 2. The van der Waals surface area contributed by atoms with Crippen LogP contribution in [-0.4, -0.2) is 30.2 Å². The lowest BCUT2D eigenvalue weighted by Crippen LogP contribution is -2.19. The molecule has 0 aliphatic carbocycles. The Labute approximate surface area is 169 Å². The largest absolute Gasteiger partial charge is 0.497 e. The summed E-state index contributed by atoms with van der Waals surface area (Å²) in [5, 5.41) is 13.9. The van der Waals surface area contributed by atoms with Gasteiger partial charge in [0, 0.05) is 17.7 Å².